The second-order valence-corrected chi connectivity index (χ2v) is 6.31. The number of phenolic OH excluding ortho intramolecular Hbond substituents is 1. The van der Waals surface area contributed by atoms with Gasteiger partial charge in [-0.15, -0.1) is 0 Å². The van der Waals surface area contributed by atoms with Crippen LogP contribution in [0.15, 0.2) is 42.5 Å². The van der Waals surface area contributed by atoms with Crippen molar-refractivity contribution in [3.63, 3.8) is 0 Å². The Bertz CT molecular complexity index is 771. The number of phenols is 1. The molecule has 0 fully saturated rings. The van der Waals surface area contributed by atoms with Crippen LogP contribution in [0.1, 0.15) is 48.5 Å². The predicted molar refractivity (Wildman–Crippen MR) is 103 cm³/mol. The van der Waals surface area contributed by atoms with Crippen LogP contribution in [0.2, 0.25) is 0 Å². The first kappa shape index (κ1) is 20.3. The van der Waals surface area contributed by atoms with Gasteiger partial charge < -0.3 is 20.3 Å². The maximum absolute atomic E-state index is 12.4. The third-order valence-electron chi connectivity index (χ3n) is 4.05. The lowest BCUT2D eigenvalue weighted by atomic mass is 10.1. The number of carboxylic acids is 1. The van der Waals surface area contributed by atoms with Crippen molar-refractivity contribution in [2.45, 2.75) is 39.0 Å². The van der Waals surface area contributed by atoms with Gasteiger partial charge in [0.15, 0.2) is 0 Å². The van der Waals surface area contributed by atoms with Crippen molar-refractivity contribution in [3.05, 3.63) is 53.6 Å². The number of unbranched alkanes of at least 4 members (excludes halogenated alkanes) is 3. The molecule has 0 spiro atoms. The maximum atomic E-state index is 12.4. The Kier molecular flexibility index (Phi) is 7.67. The minimum Gasteiger partial charge on any atom is -0.506 e. The van der Waals surface area contributed by atoms with Gasteiger partial charge in [-0.05, 0) is 48.4 Å². The molecule has 27 heavy (non-hydrogen) atoms. The number of hydrogen-bond acceptors (Lipinski definition) is 4. The standard InChI is InChI=1S/C21H25NO5/c1-2-3-4-5-12-27-17-9-7-16(8-10-17)21(26)22-18-13-15(14-20(24)25)6-11-19(18)23/h6-11,13,23H,2-5,12,14H2,1H3,(H,22,26)(H,24,25). The first-order valence-corrected chi connectivity index (χ1v) is 9.07. The molecule has 0 atom stereocenters. The van der Waals surface area contributed by atoms with E-state index in [1.807, 2.05) is 0 Å². The molecule has 0 radical (unpaired) electrons. The molecule has 0 aliphatic heterocycles. The minimum absolute atomic E-state index is 0.121. The van der Waals surface area contributed by atoms with Gasteiger partial charge in [0.2, 0.25) is 0 Å². The lowest BCUT2D eigenvalue weighted by Gasteiger charge is -2.10. The minimum atomic E-state index is -0.983. The fourth-order valence-electron chi connectivity index (χ4n) is 2.58. The third kappa shape index (κ3) is 6.66. The Morgan fingerprint density at radius 1 is 1.04 bits per heavy atom. The van der Waals surface area contributed by atoms with E-state index in [0.717, 1.165) is 12.8 Å². The van der Waals surface area contributed by atoms with Crippen molar-refractivity contribution in [1.82, 2.24) is 0 Å². The molecule has 0 aliphatic carbocycles. The van der Waals surface area contributed by atoms with Crippen LogP contribution in [0.3, 0.4) is 0 Å². The molecule has 2 aromatic carbocycles. The Hall–Kier alpha value is -3.02. The molecule has 144 valence electrons. The Morgan fingerprint density at radius 2 is 1.78 bits per heavy atom. The molecule has 2 aromatic rings. The average Bonchev–Trinajstić information content (AvgIpc) is 2.64. The summed E-state index contributed by atoms with van der Waals surface area (Å²) in [7, 11) is 0. The molecule has 2 rings (SSSR count). The number of amides is 1. The predicted octanol–water partition coefficient (Wildman–Crippen LogP) is 4.23. The number of carboxylic acid groups (broad SMARTS) is 1. The van der Waals surface area contributed by atoms with Crippen LogP contribution in [0.5, 0.6) is 11.5 Å². The summed E-state index contributed by atoms with van der Waals surface area (Å²) in [4.78, 5) is 23.2. The molecular weight excluding hydrogens is 346 g/mol. The summed E-state index contributed by atoms with van der Waals surface area (Å²) >= 11 is 0. The Morgan fingerprint density at radius 3 is 2.44 bits per heavy atom. The zero-order chi connectivity index (χ0) is 19.6. The number of hydrogen-bond donors (Lipinski definition) is 3. The molecular formula is C21H25NO5. The van der Waals surface area contributed by atoms with E-state index in [2.05, 4.69) is 12.2 Å². The summed E-state index contributed by atoms with van der Waals surface area (Å²) in [6.45, 7) is 2.81. The van der Waals surface area contributed by atoms with Crippen molar-refractivity contribution in [3.8, 4) is 11.5 Å². The van der Waals surface area contributed by atoms with E-state index in [4.69, 9.17) is 9.84 Å². The summed E-state index contributed by atoms with van der Waals surface area (Å²) in [5, 5.41) is 21.3. The second-order valence-electron chi connectivity index (χ2n) is 6.31. The van der Waals surface area contributed by atoms with E-state index in [1.165, 1.54) is 31.0 Å². The zero-order valence-electron chi connectivity index (χ0n) is 15.4. The van der Waals surface area contributed by atoms with Crippen molar-refractivity contribution >= 4 is 17.6 Å². The van der Waals surface area contributed by atoms with Gasteiger partial charge >= 0.3 is 5.97 Å². The van der Waals surface area contributed by atoms with Crippen molar-refractivity contribution < 1.29 is 24.5 Å². The number of aromatic hydroxyl groups is 1. The van der Waals surface area contributed by atoms with Crippen molar-refractivity contribution in [1.29, 1.82) is 0 Å². The number of carbonyl (C=O) groups excluding carboxylic acids is 1. The van der Waals surface area contributed by atoms with E-state index in [0.29, 0.717) is 23.5 Å². The Labute approximate surface area is 158 Å². The largest absolute Gasteiger partial charge is 0.506 e. The maximum Gasteiger partial charge on any atom is 0.307 e. The molecule has 6 heteroatoms. The van der Waals surface area contributed by atoms with Crippen molar-refractivity contribution in [2.24, 2.45) is 0 Å². The quantitative estimate of drug-likeness (QED) is 0.429. The van der Waals surface area contributed by atoms with Crippen LogP contribution in [-0.2, 0) is 11.2 Å². The first-order valence-electron chi connectivity index (χ1n) is 9.07. The summed E-state index contributed by atoms with van der Waals surface area (Å²) in [5.74, 6) is -0.797. The topological polar surface area (TPSA) is 95.9 Å². The molecule has 0 aromatic heterocycles. The molecule has 0 unspecified atom stereocenters. The van der Waals surface area contributed by atoms with Crippen molar-refractivity contribution in [2.75, 3.05) is 11.9 Å². The van der Waals surface area contributed by atoms with Crippen LogP contribution in [0.4, 0.5) is 5.69 Å². The lowest BCUT2D eigenvalue weighted by molar-refractivity contribution is -0.136. The lowest BCUT2D eigenvalue weighted by Crippen LogP contribution is -2.12. The fraction of sp³-hybridized carbons (Fsp3) is 0.333. The highest BCUT2D eigenvalue weighted by atomic mass is 16.5. The molecule has 0 saturated carbocycles. The van der Waals surface area contributed by atoms with Crippen LogP contribution in [0, 0.1) is 0 Å². The number of aliphatic carboxylic acids is 1. The zero-order valence-corrected chi connectivity index (χ0v) is 15.4. The van der Waals surface area contributed by atoms with Crippen LogP contribution in [0.25, 0.3) is 0 Å². The van der Waals surface area contributed by atoms with Gasteiger partial charge in [0, 0.05) is 5.56 Å². The summed E-state index contributed by atoms with van der Waals surface area (Å²) in [6.07, 6.45) is 4.33. The number of nitrogens with one attached hydrogen (secondary N) is 1. The molecule has 0 aliphatic rings. The number of carbonyl (C=O) groups is 2. The van der Waals surface area contributed by atoms with Gasteiger partial charge in [-0.3, -0.25) is 9.59 Å². The molecule has 6 nitrogen and oxygen atoms in total. The smallest absolute Gasteiger partial charge is 0.307 e. The summed E-state index contributed by atoms with van der Waals surface area (Å²) < 4.78 is 5.65. The van der Waals surface area contributed by atoms with Gasteiger partial charge in [0.25, 0.3) is 5.91 Å². The average molecular weight is 371 g/mol. The summed E-state index contributed by atoms with van der Waals surface area (Å²) in [6, 6.07) is 11.1. The first-order chi connectivity index (χ1) is 13.0. The van der Waals surface area contributed by atoms with Crippen LogP contribution < -0.4 is 10.1 Å². The van der Waals surface area contributed by atoms with E-state index >= 15 is 0 Å². The highest BCUT2D eigenvalue weighted by Crippen LogP contribution is 2.25. The molecule has 0 bridgehead atoms. The molecule has 1 amide bonds. The number of anilines is 1. The molecule has 3 N–H and O–H groups in total. The highest BCUT2D eigenvalue weighted by molar-refractivity contribution is 6.05. The van der Waals surface area contributed by atoms with Gasteiger partial charge in [0.1, 0.15) is 11.5 Å². The Balaban J connectivity index is 1.95. The molecule has 0 saturated heterocycles. The number of benzene rings is 2. The SMILES string of the molecule is CCCCCCOc1ccc(C(=O)Nc2cc(CC(=O)O)ccc2O)cc1. The van der Waals surface area contributed by atoms with E-state index in [1.54, 1.807) is 24.3 Å². The fourth-order valence-corrected chi connectivity index (χ4v) is 2.58. The van der Waals surface area contributed by atoms with Gasteiger partial charge in [-0.2, -0.15) is 0 Å². The second kappa shape index (κ2) is 10.2. The van der Waals surface area contributed by atoms with Gasteiger partial charge in [-0.1, -0.05) is 32.3 Å². The summed E-state index contributed by atoms with van der Waals surface area (Å²) in [5.41, 5.74) is 1.08. The number of ether oxygens (including phenoxy) is 1. The van der Waals surface area contributed by atoms with Crippen LogP contribution >= 0.6 is 0 Å². The van der Waals surface area contributed by atoms with Crippen LogP contribution in [-0.4, -0.2) is 28.7 Å². The van der Waals surface area contributed by atoms with Gasteiger partial charge in [-0.25, -0.2) is 0 Å². The number of rotatable bonds is 10. The van der Waals surface area contributed by atoms with Gasteiger partial charge in [0.05, 0.1) is 18.7 Å². The highest BCUT2D eigenvalue weighted by Gasteiger charge is 2.11. The monoisotopic (exact) mass is 371 g/mol. The third-order valence-corrected chi connectivity index (χ3v) is 4.05. The normalized spacial score (nSPS) is 10.4. The molecule has 0 heterocycles. The van der Waals surface area contributed by atoms with E-state index in [9.17, 15) is 14.7 Å². The van der Waals surface area contributed by atoms with E-state index < -0.39 is 11.9 Å². The van der Waals surface area contributed by atoms with E-state index in [-0.39, 0.29) is 17.9 Å².